The Bertz CT molecular complexity index is 1140. The van der Waals surface area contributed by atoms with E-state index >= 15 is 0 Å². The van der Waals surface area contributed by atoms with Gasteiger partial charge < -0.3 is 23.2 Å². The number of para-hydroxylation sites is 2. The predicted molar refractivity (Wildman–Crippen MR) is 113 cm³/mol. The molecule has 0 saturated carbocycles. The summed E-state index contributed by atoms with van der Waals surface area (Å²) in [6, 6.07) is 11.0. The maximum Gasteiger partial charge on any atom is 0.342 e. The zero-order valence-corrected chi connectivity index (χ0v) is 18.1. The summed E-state index contributed by atoms with van der Waals surface area (Å²) in [6.07, 6.45) is -0.173. The summed E-state index contributed by atoms with van der Waals surface area (Å²) in [5.41, 5.74) is 2.60. The third-order valence-corrected chi connectivity index (χ3v) is 5.42. The molecule has 0 saturated heterocycles. The molecule has 0 amide bonds. The molecule has 1 aromatic carbocycles. The van der Waals surface area contributed by atoms with Crippen LogP contribution in [0.1, 0.15) is 43.6 Å². The van der Waals surface area contributed by atoms with Crippen molar-refractivity contribution in [3.05, 3.63) is 70.4 Å². The highest BCUT2D eigenvalue weighted by Crippen LogP contribution is 2.31. The Morgan fingerprint density at radius 3 is 2.52 bits per heavy atom. The number of carbonyl (C=O) groups is 2. The van der Waals surface area contributed by atoms with Crippen LogP contribution in [0.3, 0.4) is 0 Å². The van der Waals surface area contributed by atoms with E-state index in [1.54, 1.807) is 19.9 Å². The highest BCUT2D eigenvalue weighted by atomic mass is 16.6. The molecule has 1 aliphatic rings. The number of furan rings is 1. The molecule has 0 unspecified atom stereocenters. The number of carbonyl (C=O) groups excluding carboxylic acids is 2. The van der Waals surface area contributed by atoms with Crippen molar-refractivity contribution in [2.45, 2.75) is 40.3 Å². The molecular weight excluding hydrogens is 398 g/mol. The first-order valence-corrected chi connectivity index (χ1v) is 10.2. The van der Waals surface area contributed by atoms with E-state index in [0.717, 1.165) is 17.1 Å². The molecule has 0 bridgehead atoms. The van der Waals surface area contributed by atoms with Crippen molar-refractivity contribution in [1.29, 1.82) is 0 Å². The second-order valence-corrected chi connectivity index (χ2v) is 7.72. The van der Waals surface area contributed by atoms with E-state index < -0.39 is 5.97 Å². The lowest BCUT2D eigenvalue weighted by atomic mass is 10.1. The van der Waals surface area contributed by atoms with Crippen LogP contribution in [-0.4, -0.2) is 35.6 Å². The number of rotatable bonds is 6. The molecule has 31 heavy (non-hydrogen) atoms. The van der Waals surface area contributed by atoms with E-state index in [2.05, 4.69) is 0 Å². The lowest BCUT2D eigenvalue weighted by molar-refractivity contribution is 0.0472. The number of ketones is 1. The average molecular weight is 423 g/mol. The zero-order valence-electron chi connectivity index (χ0n) is 18.1. The standard InChI is InChI=1S/C24H25NO6/c1-14-9-19(21(26)13-29-24(27)20-10-15(2)30-17(20)4)16(3)25(14)11-18-12-28-22-7-5-6-8-23(22)31-18/h5-10,18H,11-13H2,1-4H3/t18-/m1/s1. The number of ether oxygens (including phenoxy) is 3. The van der Waals surface area contributed by atoms with E-state index in [1.165, 1.54) is 0 Å². The molecule has 3 heterocycles. The second-order valence-electron chi connectivity index (χ2n) is 7.72. The SMILES string of the molecule is Cc1cc(C(=O)OCC(=O)c2cc(C)n(C[C@@H]3COc4ccccc4O3)c2C)c(C)o1. The monoisotopic (exact) mass is 423 g/mol. The fraction of sp³-hybridized carbons (Fsp3) is 0.333. The van der Waals surface area contributed by atoms with Crippen molar-refractivity contribution in [3.8, 4) is 11.5 Å². The van der Waals surface area contributed by atoms with Crippen molar-refractivity contribution in [1.82, 2.24) is 4.57 Å². The molecule has 0 radical (unpaired) electrons. The van der Waals surface area contributed by atoms with Crippen molar-refractivity contribution in [2.75, 3.05) is 13.2 Å². The first-order valence-electron chi connectivity index (χ1n) is 10.2. The van der Waals surface area contributed by atoms with Gasteiger partial charge in [0.1, 0.15) is 23.7 Å². The summed E-state index contributed by atoms with van der Waals surface area (Å²) < 4.78 is 24.4. The quantitative estimate of drug-likeness (QED) is 0.437. The Balaban J connectivity index is 1.42. The topological polar surface area (TPSA) is 79.9 Å². The van der Waals surface area contributed by atoms with Crippen LogP contribution in [0.2, 0.25) is 0 Å². The Hall–Kier alpha value is -3.48. The van der Waals surface area contributed by atoms with Crippen molar-refractivity contribution >= 4 is 11.8 Å². The van der Waals surface area contributed by atoms with Crippen LogP contribution in [0.15, 0.2) is 40.8 Å². The maximum absolute atomic E-state index is 12.7. The molecule has 7 nitrogen and oxygen atoms in total. The van der Waals surface area contributed by atoms with Crippen molar-refractivity contribution in [2.24, 2.45) is 0 Å². The minimum Gasteiger partial charge on any atom is -0.486 e. The summed E-state index contributed by atoms with van der Waals surface area (Å²) in [4.78, 5) is 25.0. The van der Waals surface area contributed by atoms with Crippen LogP contribution in [0.4, 0.5) is 0 Å². The first kappa shape index (κ1) is 20.8. The second kappa shape index (κ2) is 8.34. The number of benzene rings is 1. The Kier molecular flexibility index (Phi) is 5.59. The molecule has 1 aliphatic heterocycles. The number of hydrogen-bond acceptors (Lipinski definition) is 6. The summed E-state index contributed by atoms with van der Waals surface area (Å²) in [5, 5.41) is 0. The van der Waals surface area contributed by atoms with E-state index in [4.69, 9.17) is 18.6 Å². The first-order chi connectivity index (χ1) is 14.8. The molecule has 4 rings (SSSR count). The van der Waals surface area contributed by atoms with Gasteiger partial charge >= 0.3 is 5.97 Å². The molecule has 0 N–H and O–H groups in total. The van der Waals surface area contributed by atoms with Crippen LogP contribution in [-0.2, 0) is 11.3 Å². The lowest BCUT2D eigenvalue weighted by Crippen LogP contribution is -2.33. The minimum absolute atomic E-state index is 0.173. The molecule has 7 heteroatoms. The number of hydrogen-bond donors (Lipinski definition) is 0. The fourth-order valence-electron chi connectivity index (χ4n) is 3.84. The molecular formula is C24H25NO6. The van der Waals surface area contributed by atoms with Gasteiger partial charge in [-0.2, -0.15) is 0 Å². The maximum atomic E-state index is 12.7. The number of nitrogens with zero attached hydrogens (tertiary/aromatic N) is 1. The van der Waals surface area contributed by atoms with Gasteiger partial charge in [0.05, 0.1) is 6.54 Å². The number of aryl methyl sites for hydroxylation is 3. The highest BCUT2D eigenvalue weighted by molar-refractivity contribution is 6.00. The Morgan fingerprint density at radius 2 is 1.81 bits per heavy atom. The molecule has 162 valence electrons. The van der Waals surface area contributed by atoms with Gasteiger partial charge in [-0.1, -0.05) is 12.1 Å². The van der Waals surface area contributed by atoms with E-state index in [1.807, 2.05) is 48.7 Å². The highest BCUT2D eigenvalue weighted by Gasteiger charge is 2.24. The normalized spacial score (nSPS) is 15.0. The summed E-state index contributed by atoms with van der Waals surface area (Å²) in [7, 11) is 0. The van der Waals surface area contributed by atoms with Crippen LogP contribution >= 0.6 is 0 Å². The van der Waals surface area contributed by atoms with Gasteiger partial charge in [0.25, 0.3) is 0 Å². The molecule has 0 aliphatic carbocycles. The van der Waals surface area contributed by atoms with Crippen LogP contribution in [0.25, 0.3) is 0 Å². The van der Waals surface area contributed by atoms with Gasteiger partial charge in [-0.05, 0) is 52.0 Å². The Morgan fingerprint density at radius 1 is 1.06 bits per heavy atom. The number of fused-ring (bicyclic) bond motifs is 1. The number of esters is 1. The summed E-state index contributed by atoms with van der Waals surface area (Å²) >= 11 is 0. The van der Waals surface area contributed by atoms with Crippen LogP contribution in [0, 0.1) is 27.7 Å². The summed E-state index contributed by atoms with van der Waals surface area (Å²) in [6.45, 7) is 7.90. The zero-order chi connectivity index (χ0) is 22.1. The number of aromatic nitrogens is 1. The number of Topliss-reactive ketones (excluding diaryl/α,β-unsaturated/α-hetero) is 1. The third kappa shape index (κ3) is 4.21. The van der Waals surface area contributed by atoms with E-state index in [9.17, 15) is 9.59 Å². The summed E-state index contributed by atoms with van der Waals surface area (Å²) in [5.74, 6) is 1.73. The van der Waals surface area contributed by atoms with Gasteiger partial charge in [0, 0.05) is 17.0 Å². The van der Waals surface area contributed by atoms with Gasteiger partial charge in [-0.15, -0.1) is 0 Å². The average Bonchev–Trinajstić information content (AvgIpc) is 3.24. The predicted octanol–water partition coefficient (Wildman–Crippen LogP) is 4.19. The molecule has 1 atom stereocenters. The van der Waals surface area contributed by atoms with Crippen molar-refractivity contribution in [3.63, 3.8) is 0 Å². The molecule has 2 aromatic heterocycles. The molecule has 3 aromatic rings. The lowest BCUT2D eigenvalue weighted by Gasteiger charge is -2.27. The van der Waals surface area contributed by atoms with Gasteiger partial charge in [0.2, 0.25) is 5.78 Å². The van der Waals surface area contributed by atoms with E-state index in [-0.39, 0.29) is 18.5 Å². The molecule has 0 spiro atoms. The Labute approximate surface area is 180 Å². The van der Waals surface area contributed by atoms with Crippen LogP contribution < -0.4 is 9.47 Å². The largest absolute Gasteiger partial charge is 0.486 e. The van der Waals surface area contributed by atoms with Gasteiger partial charge in [-0.25, -0.2) is 4.79 Å². The smallest absolute Gasteiger partial charge is 0.342 e. The van der Waals surface area contributed by atoms with E-state index in [0.29, 0.717) is 41.5 Å². The van der Waals surface area contributed by atoms with Gasteiger partial charge in [0.15, 0.2) is 24.2 Å². The van der Waals surface area contributed by atoms with Gasteiger partial charge in [-0.3, -0.25) is 4.79 Å². The minimum atomic E-state index is -0.567. The third-order valence-electron chi connectivity index (χ3n) is 5.42. The molecule has 0 fully saturated rings. The van der Waals surface area contributed by atoms with Crippen LogP contribution in [0.5, 0.6) is 11.5 Å². The van der Waals surface area contributed by atoms with Crippen molar-refractivity contribution < 1.29 is 28.2 Å². The fourth-order valence-corrected chi connectivity index (χ4v) is 3.84.